The molecule has 0 aliphatic rings. The van der Waals surface area contributed by atoms with Crippen LogP contribution in [0.5, 0.6) is 0 Å². The molecule has 0 aromatic heterocycles. The average molecular weight is 260 g/mol. The molecule has 0 saturated heterocycles. The molecule has 0 aliphatic carbocycles. The summed E-state index contributed by atoms with van der Waals surface area (Å²) in [5.74, 6) is 0. The topological polar surface area (TPSA) is 112 Å². The van der Waals surface area contributed by atoms with Crippen LogP contribution in [0.15, 0.2) is 0 Å². The molecule has 0 unspecified atom stereocenters. The maximum Gasteiger partial charge on any atom is 0.325 e. The highest BCUT2D eigenvalue weighted by Crippen LogP contribution is 2.40. The molecule has 0 spiro atoms. The van der Waals surface area contributed by atoms with E-state index in [4.69, 9.17) is 14.3 Å². The molecule has 6 nitrogen and oxygen atoms in total. The summed E-state index contributed by atoms with van der Waals surface area (Å²) in [6.07, 6.45) is -0.512. The van der Waals surface area contributed by atoms with Gasteiger partial charge in [0.25, 0.3) is 10.1 Å². The van der Waals surface area contributed by atoms with Gasteiger partial charge in [0.15, 0.2) is 0 Å². The van der Waals surface area contributed by atoms with Crippen molar-refractivity contribution in [3.05, 3.63) is 0 Å². The lowest BCUT2D eigenvalue weighted by Crippen LogP contribution is -2.38. The van der Waals surface area contributed by atoms with Crippen LogP contribution in [0.3, 0.4) is 0 Å². The van der Waals surface area contributed by atoms with Crippen molar-refractivity contribution in [2.24, 2.45) is 0 Å². The third-order valence-electron chi connectivity index (χ3n) is 2.69. The van der Waals surface area contributed by atoms with Crippen molar-refractivity contribution in [2.75, 3.05) is 6.16 Å². The largest absolute Gasteiger partial charge is 0.325 e. The first-order valence-corrected chi connectivity index (χ1v) is 7.83. The summed E-state index contributed by atoms with van der Waals surface area (Å²) >= 11 is 0. The molecule has 0 rings (SSSR count). The highest BCUT2D eigenvalue weighted by molar-refractivity contribution is 7.87. The minimum absolute atomic E-state index is 0.127. The quantitative estimate of drug-likeness (QED) is 0.485. The maximum absolute atomic E-state index is 11.1. The van der Waals surface area contributed by atoms with Gasteiger partial charge in [0.2, 0.25) is 0 Å². The molecule has 0 atom stereocenters. The summed E-state index contributed by atoms with van der Waals surface area (Å²) in [6.45, 7) is 3.13. The van der Waals surface area contributed by atoms with Crippen molar-refractivity contribution in [3.63, 3.8) is 0 Å². The molecule has 0 bridgehead atoms. The minimum Gasteiger partial charge on any atom is -0.324 e. The van der Waals surface area contributed by atoms with Gasteiger partial charge < -0.3 is 9.79 Å². The van der Waals surface area contributed by atoms with E-state index in [1.54, 1.807) is 13.8 Å². The van der Waals surface area contributed by atoms with Crippen molar-refractivity contribution in [1.82, 2.24) is 0 Å². The van der Waals surface area contributed by atoms with Gasteiger partial charge in [-0.2, -0.15) is 8.42 Å². The minimum atomic E-state index is -4.29. The molecule has 0 amide bonds. The lowest BCUT2D eigenvalue weighted by molar-refractivity contribution is 0.358. The van der Waals surface area contributed by atoms with E-state index < -0.39 is 28.6 Å². The second kappa shape index (κ2) is 4.93. The molecule has 0 aromatic rings. The van der Waals surface area contributed by atoms with Gasteiger partial charge in [0, 0.05) is 0 Å². The summed E-state index contributed by atoms with van der Waals surface area (Å²) in [7, 11) is -8.53. The zero-order valence-electron chi connectivity index (χ0n) is 8.75. The summed E-state index contributed by atoms with van der Waals surface area (Å²) in [6, 6.07) is 0. The van der Waals surface area contributed by atoms with E-state index in [0.717, 1.165) is 0 Å². The molecule has 0 aromatic carbocycles. The van der Waals surface area contributed by atoms with Gasteiger partial charge in [0.1, 0.15) is 0 Å². The standard InChI is InChI=1S/C7H17O6PS/c1-3-7(4-2,15(11,12)13)5-6-14(8,9)10/h3-6H2,1-2H3,(H2,8,9,10)(H,11,12,13). The second-order valence-corrected chi connectivity index (χ2v) is 7.10. The number of hydrogen-bond donors (Lipinski definition) is 3. The molecule has 0 fully saturated rings. The summed E-state index contributed by atoms with van der Waals surface area (Å²) < 4.78 is 40.5. The zero-order valence-corrected chi connectivity index (χ0v) is 10.5. The normalized spacial score (nSPS) is 14.2. The maximum atomic E-state index is 11.1. The fraction of sp³-hybridized carbons (Fsp3) is 1.00. The second-order valence-electron chi connectivity index (χ2n) is 3.50. The summed E-state index contributed by atoms with van der Waals surface area (Å²) in [5.41, 5.74) is 0. The molecule has 15 heavy (non-hydrogen) atoms. The highest BCUT2D eigenvalue weighted by Gasteiger charge is 2.40. The van der Waals surface area contributed by atoms with Crippen LogP contribution in [0.1, 0.15) is 33.1 Å². The SMILES string of the molecule is CCC(CC)(CCP(=O)(O)O)S(=O)(=O)O. The van der Waals surface area contributed by atoms with E-state index >= 15 is 0 Å². The monoisotopic (exact) mass is 260 g/mol. The van der Waals surface area contributed by atoms with Crippen LogP contribution in [-0.4, -0.2) is 33.7 Å². The third-order valence-corrected chi connectivity index (χ3v) is 5.38. The Labute approximate surface area is 89.6 Å². The zero-order chi connectivity index (χ0) is 12.3. The van der Waals surface area contributed by atoms with Crippen LogP contribution in [0, 0.1) is 0 Å². The van der Waals surface area contributed by atoms with E-state index in [0.29, 0.717) is 0 Å². The van der Waals surface area contributed by atoms with Gasteiger partial charge >= 0.3 is 7.60 Å². The van der Waals surface area contributed by atoms with Crippen molar-refractivity contribution < 1.29 is 27.3 Å². The highest BCUT2D eigenvalue weighted by atomic mass is 32.2. The van der Waals surface area contributed by atoms with Crippen LogP contribution in [0.2, 0.25) is 0 Å². The van der Waals surface area contributed by atoms with Crippen LogP contribution in [-0.2, 0) is 14.7 Å². The van der Waals surface area contributed by atoms with Crippen LogP contribution in [0.25, 0.3) is 0 Å². The molecule has 0 saturated carbocycles. The summed E-state index contributed by atoms with van der Waals surface area (Å²) in [4.78, 5) is 17.3. The van der Waals surface area contributed by atoms with Gasteiger partial charge in [-0.25, -0.2) is 0 Å². The molecule has 0 radical (unpaired) electrons. The predicted molar refractivity (Wildman–Crippen MR) is 56.4 cm³/mol. The average Bonchev–Trinajstić information content (AvgIpc) is 2.02. The van der Waals surface area contributed by atoms with Crippen LogP contribution >= 0.6 is 7.60 Å². The first-order valence-electron chi connectivity index (χ1n) is 4.59. The number of rotatable bonds is 6. The molecule has 8 heteroatoms. The van der Waals surface area contributed by atoms with Crippen molar-refractivity contribution in [2.45, 2.75) is 37.9 Å². The Morgan fingerprint density at radius 1 is 1.20 bits per heavy atom. The lowest BCUT2D eigenvalue weighted by atomic mass is 9.99. The van der Waals surface area contributed by atoms with Gasteiger partial charge in [-0.15, -0.1) is 0 Å². The molecule has 92 valence electrons. The summed E-state index contributed by atoms with van der Waals surface area (Å²) in [5, 5.41) is 0. The smallest absolute Gasteiger partial charge is 0.324 e. The van der Waals surface area contributed by atoms with E-state index in [1.165, 1.54) is 0 Å². The van der Waals surface area contributed by atoms with Crippen LogP contribution in [0.4, 0.5) is 0 Å². The molecule has 0 aliphatic heterocycles. The Morgan fingerprint density at radius 3 is 1.80 bits per heavy atom. The Kier molecular flexibility index (Phi) is 4.95. The van der Waals surface area contributed by atoms with Gasteiger partial charge in [0.05, 0.1) is 10.9 Å². The predicted octanol–water partition coefficient (Wildman–Crippen LogP) is 1.00. The fourth-order valence-corrected chi connectivity index (χ4v) is 3.41. The first-order chi connectivity index (χ1) is 6.58. The third kappa shape index (κ3) is 4.20. The van der Waals surface area contributed by atoms with E-state index in [2.05, 4.69) is 0 Å². The molecule has 0 heterocycles. The Morgan fingerprint density at radius 2 is 1.60 bits per heavy atom. The molecular weight excluding hydrogens is 243 g/mol. The van der Waals surface area contributed by atoms with Gasteiger partial charge in [-0.3, -0.25) is 9.12 Å². The fourth-order valence-electron chi connectivity index (χ4n) is 1.45. The van der Waals surface area contributed by atoms with Crippen molar-refractivity contribution in [1.29, 1.82) is 0 Å². The number of hydrogen-bond acceptors (Lipinski definition) is 3. The molecule has 3 N–H and O–H groups in total. The van der Waals surface area contributed by atoms with E-state index in [9.17, 15) is 13.0 Å². The van der Waals surface area contributed by atoms with Gasteiger partial charge in [-0.1, -0.05) is 13.8 Å². The van der Waals surface area contributed by atoms with Crippen molar-refractivity contribution >= 4 is 17.7 Å². The Balaban J connectivity index is 4.92. The Hall–Kier alpha value is 0.0600. The van der Waals surface area contributed by atoms with Crippen molar-refractivity contribution in [3.8, 4) is 0 Å². The van der Waals surface area contributed by atoms with Gasteiger partial charge in [-0.05, 0) is 19.3 Å². The Bertz CT molecular complexity index is 338. The van der Waals surface area contributed by atoms with E-state index in [1.807, 2.05) is 0 Å². The first kappa shape index (κ1) is 15.1. The molecular formula is C7H17O6PS. The lowest BCUT2D eigenvalue weighted by Gasteiger charge is -2.27. The van der Waals surface area contributed by atoms with Crippen LogP contribution < -0.4 is 0 Å². The van der Waals surface area contributed by atoms with E-state index in [-0.39, 0.29) is 19.3 Å².